The van der Waals surface area contributed by atoms with E-state index in [-0.39, 0.29) is 17.4 Å². The van der Waals surface area contributed by atoms with Gasteiger partial charge in [0.2, 0.25) is 5.95 Å². The van der Waals surface area contributed by atoms with Gasteiger partial charge in [-0.1, -0.05) is 36.1 Å². The minimum absolute atomic E-state index is 0.183. The monoisotopic (exact) mass is 438 g/mol. The molecule has 1 amide bonds. The van der Waals surface area contributed by atoms with Crippen LogP contribution in [-0.2, 0) is 10.3 Å². The Kier molecular flexibility index (Phi) is 4.17. The Bertz CT molecular complexity index is 1440. The number of nitrogens with zero attached hydrogens (tertiary/aromatic N) is 4. The summed E-state index contributed by atoms with van der Waals surface area (Å²) in [6.07, 6.45) is 4.40. The van der Waals surface area contributed by atoms with Crippen molar-refractivity contribution >= 4 is 17.5 Å². The highest BCUT2D eigenvalue weighted by Gasteiger charge is 2.62. The van der Waals surface area contributed by atoms with Gasteiger partial charge in [0.25, 0.3) is 5.91 Å². The van der Waals surface area contributed by atoms with E-state index in [1.165, 1.54) is 0 Å². The van der Waals surface area contributed by atoms with Crippen LogP contribution in [0.2, 0.25) is 0 Å². The molecule has 1 saturated carbocycles. The van der Waals surface area contributed by atoms with Gasteiger partial charge < -0.3 is 0 Å². The van der Waals surface area contributed by atoms with Crippen molar-refractivity contribution in [3.8, 4) is 23.2 Å². The van der Waals surface area contributed by atoms with Crippen LogP contribution in [0.1, 0.15) is 24.0 Å². The standard InChI is InChI=1S/C26H16F2N4O/c27-19-14-18(10-9-17-6-2-1-3-7-17)15-20(28)23(19)31-24(33)26(11-12-26)32-22(16-30-25(31)32)21-8-4-5-13-29-21/h1-8,13-16H,11-12H2. The highest BCUT2D eigenvalue weighted by atomic mass is 19.1. The Morgan fingerprint density at radius 3 is 2.24 bits per heavy atom. The van der Waals surface area contributed by atoms with Crippen LogP contribution in [0.5, 0.6) is 0 Å². The molecular weight excluding hydrogens is 422 g/mol. The van der Waals surface area contributed by atoms with Gasteiger partial charge in [0.1, 0.15) is 11.2 Å². The summed E-state index contributed by atoms with van der Waals surface area (Å²) in [6, 6.07) is 16.9. The van der Waals surface area contributed by atoms with E-state index in [0.717, 1.165) is 22.6 Å². The van der Waals surface area contributed by atoms with Crippen LogP contribution < -0.4 is 4.90 Å². The topological polar surface area (TPSA) is 51.0 Å². The Morgan fingerprint density at radius 1 is 0.879 bits per heavy atom. The quantitative estimate of drug-likeness (QED) is 0.423. The molecule has 0 N–H and O–H groups in total. The molecular formula is C26H16F2N4O. The molecule has 4 aromatic rings. The molecule has 2 aliphatic rings. The predicted molar refractivity (Wildman–Crippen MR) is 119 cm³/mol. The maximum absolute atomic E-state index is 15.2. The highest BCUT2D eigenvalue weighted by molar-refractivity contribution is 6.09. The molecule has 0 atom stereocenters. The van der Waals surface area contributed by atoms with Crippen molar-refractivity contribution in [1.29, 1.82) is 0 Å². The molecule has 2 aromatic heterocycles. The summed E-state index contributed by atoms with van der Waals surface area (Å²) in [5.74, 6) is 3.74. The first kappa shape index (κ1) is 19.4. The summed E-state index contributed by atoms with van der Waals surface area (Å²) in [7, 11) is 0. The van der Waals surface area contributed by atoms with Gasteiger partial charge in [0.05, 0.1) is 17.6 Å². The van der Waals surface area contributed by atoms with Gasteiger partial charge in [-0.05, 0) is 49.2 Å². The van der Waals surface area contributed by atoms with Gasteiger partial charge >= 0.3 is 0 Å². The van der Waals surface area contributed by atoms with Crippen molar-refractivity contribution in [2.75, 3.05) is 4.90 Å². The molecule has 6 rings (SSSR count). The first-order chi connectivity index (χ1) is 16.1. The van der Waals surface area contributed by atoms with E-state index in [1.54, 1.807) is 23.0 Å². The first-order valence-corrected chi connectivity index (χ1v) is 10.5. The molecule has 5 nitrogen and oxygen atoms in total. The van der Waals surface area contributed by atoms with Gasteiger partial charge in [-0.3, -0.25) is 14.3 Å². The Balaban J connectivity index is 1.44. The minimum atomic E-state index is -0.872. The van der Waals surface area contributed by atoms with Gasteiger partial charge in [0.15, 0.2) is 11.6 Å². The molecule has 0 unspecified atom stereocenters. The molecule has 1 fully saturated rings. The highest BCUT2D eigenvalue weighted by Crippen LogP contribution is 2.56. The maximum atomic E-state index is 15.2. The second kappa shape index (κ2) is 7.10. The molecule has 1 aliphatic heterocycles. The Morgan fingerprint density at radius 2 is 1.58 bits per heavy atom. The number of fused-ring (bicyclic) bond motifs is 2. The minimum Gasteiger partial charge on any atom is -0.293 e. The normalized spacial score (nSPS) is 15.3. The van der Waals surface area contributed by atoms with Crippen molar-refractivity contribution < 1.29 is 13.6 Å². The Hall–Kier alpha value is -4.31. The fraction of sp³-hybridized carbons (Fsp3) is 0.115. The van der Waals surface area contributed by atoms with Crippen LogP contribution in [0.25, 0.3) is 11.4 Å². The zero-order valence-corrected chi connectivity index (χ0v) is 17.3. The number of carbonyl (C=O) groups excluding carboxylic acids is 1. The first-order valence-electron chi connectivity index (χ1n) is 10.5. The SMILES string of the molecule is O=C1N(c2c(F)cc(C#Cc3ccccc3)cc2F)c2ncc(-c3ccccn3)n2C12CC2. The summed E-state index contributed by atoms with van der Waals surface area (Å²) < 4.78 is 32.2. The van der Waals surface area contributed by atoms with Crippen molar-refractivity contribution in [2.24, 2.45) is 0 Å². The molecule has 33 heavy (non-hydrogen) atoms. The number of hydrogen-bond donors (Lipinski definition) is 0. The van der Waals surface area contributed by atoms with E-state index in [2.05, 4.69) is 21.8 Å². The second-order valence-corrected chi connectivity index (χ2v) is 8.07. The summed E-state index contributed by atoms with van der Waals surface area (Å²) in [6.45, 7) is 0. The smallest absolute Gasteiger partial charge is 0.260 e. The number of aromatic nitrogens is 3. The molecule has 1 aliphatic carbocycles. The van der Waals surface area contributed by atoms with Crippen LogP contribution in [0.15, 0.2) is 73.1 Å². The number of benzene rings is 2. The van der Waals surface area contributed by atoms with Gasteiger partial charge in [-0.2, -0.15) is 0 Å². The fourth-order valence-corrected chi connectivity index (χ4v) is 4.29. The van der Waals surface area contributed by atoms with Crippen LogP contribution in [0.4, 0.5) is 20.4 Å². The van der Waals surface area contributed by atoms with Crippen molar-refractivity contribution in [3.05, 3.63) is 95.8 Å². The van der Waals surface area contributed by atoms with E-state index in [9.17, 15) is 4.79 Å². The molecule has 0 bridgehead atoms. The summed E-state index contributed by atoms with van der Waals surface area (Å²) >= 11 is 0. The largest absolute Gasteiger partial charge is 0.293 e. The van der Waals surface area contributed by atoms with E-state index >= 15 is 8.78 Å². The molecule has 0 saturated heterocycles. The lowest BCUT2D eigenvalue weighted by molar-refractivity contribution is -0.120. The third-order valence-corrected chi connectivity index (χ3v) is 5.99. The third-order valence-electron chi connectivity index (χ3n) is 5.99. The summed E-state index contributed by atoms with van der Waals surface area (Å²) in [5.41, 5.74) is 0.895. The van der Waals surface area contributed by atoms with Gasteiger partial charge in [0, 0.05) is 17.3 Å². The predicted octanol–water partition coefficient (Wildman–Crippen LogP) is 4.79. The number of hydrogen-bond acceptors (Lipinski definition) is 3. The van der Waals surface area contributed by atoms with Crippen LogP contribution >= 0.6 is 0 Å². The van der Waals surface area contributed by atoms with Crippen LogP contribution in [0.3, 0.4) is 0 Å². The third kappa shape index (κ3) is 2.95. The lowest BCUT2D eigenvalue weighted by atomic mass is 10.1. The molecule has 3 heterocycles. The lowest BCUT2D eigenvalue weighted by Crippen LogP contribution is -2.31. The fourth-order valence-electron chi connectivity index (χ4n) is 4.29. The lowest BCUT2D eigenvalue weighted by Gasteiger charge is -2.17. The van der Waals surface area contributed by atoms with Crippen LogP contribution in [0, 0.1) is 23.5 Å². The molecule has 0 radical (unpaired) electrons. The maximum Gasteiger partial charge on any atom is 0.260 e. The second-order valence-electron chi connectivity index (χ2n) is 8.07. The average molecular weight is 438 g/mol. The number of halogens is 2. The average Bonchev–Trinajstić information content (AvgIpc) is 3.47. The number of amides is 1. The van der Waals surface area contributed by atoms with E-state index in [1.807, 2.05) is 42.5 Å². The van der Waals surface area contributed by atoms with Gasteiger partial charge in [-0.25, -0.2) is 18.7 Å². The van der Waals surface area contributed by atoms with Crippen molar-refractivity contribution in [2.45, 2.75) is 18.4 Å². The molecule has 1 spiro atoms. The number of carbonyl (C=O) groups is 1. The van der Waals surface area contributed by atoms with Crippen molar-refractivity contribution in [1.82, 2.24) is 14.5 Å². The number of rotatable bonds is 2. The molecule has 2 aromatic carbocycles. The number of pyridine rings is 1. The summed E-state index contributed by atoms with van der Waals surface area (Å²) in [5, 5.41) is 0. The zero-order valence-electron chi connectivity index (χ0n) is 17.3. The Labute approximate surface area is 188 Å². The number of anilines is 2. The van der Waals surface area contributed by atoms with Gasteiger partial charge in [-0.15, -0.1) is 0 Å². The zero-order chi connectivity index (χ0) is 22.6. The molecule has 7 heteroatoms. The summed E-state index contributed by atoms with van der Waals surface area (Å²) in [4.78, 5) is 23.1. The van der Waals surface area contributed by atoms with Crippen LogP contribution in [-0.4, -0.2) is 20.4 Å². The van der Waals surface area contributed by atoms with E-state index in [0.29, 0.717) is 24.2 Å². The van der Waals surface area contributed by atoms with E-state index in [4.69, 9.17) is 0 Å². The van der Waals surface area contributed by atoms with E-state index < -0.39 is 22.9 Å². The van der Waals surface area contributed by atoms with Crippen molar-refractivity contribution in [3.63, 3.8) is 0 Å². The molecule has 160 valence electrons. The number of imidazole rings is 1.